The normalized spacial score (nSPS) is 19.6. The number of hydrogen-bond donors (Lipinski definition) is 2. The van der Waals surface area contributed by atoms with Crippen LogP contribution in [-0.2, 0) is 9.59 Å². The van der Waals surface area contributed by atoms with E-state index < -0.39 is 0 Å². The summed E-state index contributed by atoms with van der Waals surface area (Å²) >= 11 is 0. The minimum absolute atomic E-state index is 0.00322. The van der Waals surface area contributed by atoms with Crippen molar-refractivity contribution in [1.29, 1.82) is 0 Å². The summed E-state index contributed by atoms with van der Waals surface area (Å²) in [4.78, 5) is 25.0. The van der Waals surface area contributed by atoms with Crippen LogP contribution in [0.4, 0.5) is 0 Å². The molecule has 2 N–H and O–H groups in total. The summed E-state index contributed by atoms with van der Waals surface area (Å²) in [5, 5.41) is 12.4. The van der Waals surface area contributed by atoms with E-state index >= 15 is 0 Å². The minimum Gasteiger partial charge on any atom is -0.396 e. The zero-order valence-corrected chi connectivity index (χ0v) is 12.2. The van der Waals surface area contributed by atoms with Crippen molar-refractivity contribution in [2.75, 3.05) is 26.2 Å². The van der Waals surface area contributed by atoms with Gasteiger partial charge in [-0.25, -0.2) is 0 Å². The van der Waals surface area contributed by atoms with Gasteiger partial charge in [0.05, 0.1) is 12.5 Å². The monoisotopic (exact) mass is 270 g/mol. The van der Waals surface area contributed by atoms with Crippen LogP contribution in [0.15, 0.2) is 0 Å². The summed E-state index contributed by atoms with van der Waals surface area (Å²) in [6.45, 7) is 7.37. The van der Waals surface area contributed by atoms with Crippen molar-refractivity contribution in [1.82, 2.24) is 10.2 Å². The van der Waals surface area contributed by atoms with Crippen LogP contribution in [0.3, 0.4) is 0 Å². The first-order valence-electron chi connectivity index (χ1n) is 7.12. The number of aliphatic hydroxyl groups excluding tert-OH is 1. The highest BCUT2D eigenvalue weighted by Gasteiger charge is 2.31. The zero-order valence-electron chi connectivity index (χ0n) is 12.2. The van der Waals surface area contributed by atoms with Crippen LogP contribution in [0.1, 0.15) is 40.0 Å². The third kappa shape index (κ3) is 3.93. The summed E-state index contributed by atoms with van der Waals surface area (Å²) in [6.07, 6.45) is 2.41. The smallest absolute Gasteiger partial charge is 0.224 e. The molecule has 0 aromatic carbocycles. The number of aliphatic hydroxyl groups is 1. The van der Waals surface area contributed by atoms with Gasteiger partial charge in [-0.2, -0.15) is 0 Å². The Kier molecular flexibility index (Phi) is 5.79. The molecule has 1 atom stereocenters. The van der Waals surface area contributed by atoms with Crippen molar-refractivity contribution in [3.05, 3.63) is 0 Å². The van der Waals surface area contributed by atoms with Crippen molar-refractivity contribution in [3.8, 4) is 0 Å². The predicted molar refractivity (Wildman–Crippen MR) is 73.5 cm³/mol. The predicted octanol–water partition coefficient (Wildman–Crippen LogP) is 0.770. The van der Waals surface area contributed by atoms with Crippen molar-refractivity contribution >= 4 is 11.8 Å². The van der Waals surface area contributed by atoms with E-state index in [2.05, 4.69) is 5.32 Å². The Morgan fingerprint density at radius 3 is 2.42 bits per heavy atom. The Hall–Kier alpha value is -1.10. The quantitative estimate of drug-likeness (QED) is 0.749. The molecule has 0 aromatic heterocycles. The van der Waals surface area contributed by atoms with Gasteiger partial charge in [-0.05, 0) is 19.3 Å². The maximum Gasteiger partial charge on any atom is 0.224 e. The minimum atomic E-state index is -0.214. The van der Waals surface area contributed by atoms with Crippen LogP contribution in [0, 0.1) is 11.3 Å². The number of carbonyl (C=O) groups excluding carboxylic acids is 2. The molecule has 0 radical (unpaired) electrons. The lowest BCUT2D eigenvalue weighted by molar-refractivity contribution is -0.128. The van der Waals surface area contributed by atoms with Gasteiger partial charge in [0.1, 0.15) is 0 Å². The maximum absolute atomic E-state index is 12.1. The fraction of sp³-hybridized carbons (Fsp3) is 0.857. The zero-order chi connectivity index (χ0) is 14.5. The number of nitrogens with zero attached hydrogens (tertiary/aromatic N) is 1. The Morgan fingerprint density at radius 2 is 2.00 bits per heavy atom. The number of likely N-dealkylation sites (tertiary alicyclic amines) is 1. The van der Waals surface area contributed by atoms with Gasteiger partial charge in [0.2, 0.25) is 11.8 Å². The van der Waals surface area contributed by atoms with Gasteiger partial charge in [0.25, 0.3) is 0 Å². The summed E-state index contributed by atoms with van der Waals surface area (Å²) in [7, 11) is 0. The van der Waals surface area contributed by atoms with Crippen LogP contribution in [-0.4, -0.2) is 48.1 Å². The molecule has 1 heterocycles. The summed E-state index contributed by atoms with van der Waals surface area (Å²) in [5.41, 5.74) is -0.214. The third-order valence-electron chi connectivity index (χ3n) is 4.48. The average Bonchev–Trinajstić information content (AvgIpc) is 2.90. The van der Waals surface area contributed by atoms with Crippen LogP contribution < -0.4 is 5.32 Å². The fourth-order valence-corrected chi connectivity index (χ4v) is 2.46. The Morgan fingerprint density at radius 1 is 1.37 bits per heavy atom. The van der Waals surface area contributed by atoms with Gasteiger partial charge >= 0.3 is 0 Å². The lowest BCUT2D eigenvalue weighted by Crippen LogP contribution is -2.42. The van der Waals surface area contributed by atoms with Crippen molar-refractivity contribution in [2.24, 2.45) is 11.3 Å². The van der Waals surface area contributed by atoms with Gasteiger partial charge in [-0.1, -0.05) is 13.8 Å². The molecule has 0 aliphatic carbocycles. The molecule has 5 heteroatoms. The molecule has 110 valence electrons. The first-order valence-corrected chi connectivity index (χ1v) is 7.12. The molecular formula is C14H26N2O3. The van der Waals surface area contributed by atoms with Gasteiger partial charge in [-0.15, -0.1) is 0 Å². The summed E-state index contributed by atoms with van der Waals surface area (Å²) < 4.78 is 0. The van der Waals surface area contributed by atoms with E-state index in [0.717, 1.165) is 19.3 Å². The van der Waals surface area contributed by atoms with Crippen LogP contribution in [0.5, 0.6) is 0 Å². The molecule has 0 aromatic rings. The molecule has 1 rings (SSSR count). The lowest BCUT2D eigenvalue weighted by atomic mass is 9.83. The lowest BCUT2D eigenvalue weighted by Gasteiger charge is -2.30. The molecule has 1 unspecified atom stereocenters. The van der Waals surface area contributed by atoms with Crippen molar-refractivity contribution < 1.29 is 14.7 Å². The van der Waals surface area contributed by atoms with E-state index in [1.54, 1.807) is 4.90 Å². The first kappa shape index (κ1) is 16.0. The fourth-order valence-electron chi connectivity index (χ4n) is 2.46. The first-order chi connectivity index (χ1) is 8.98. The van der Waals surface area contributed by atoms with Crippen molar-refractivity contribution in [2.45, 2.75) is 40.0 Å². The van der Waals surface area contributed by atoms with Crippen LogP contribution >= 0.6 is 0 Å². The second-order valence-electron chi connectivity index (χ2n) is 5.53. The Labute approximate surface area is 115 Å². The molecule has 0 spiro atoms. The molecule has 0 bridgehead atoms. The van der Waals surface area contributed by atoms with Crippen molar-refractivity contribution in [3.63, 3.8) is 0 Å². The Balaban J connectivity index is 2.46. The number of carbonyl (C=O) groups is 2. The highest BCUT2D eigenvalue weighted by Crippen LogP contribution is 2.25. The highest BCUT2D eigenvalue weighted by molar-refractivity contribution is 5.81. The SMILES string of the molecule is CCC(CC)(CO)CNC(=O)C1CCN(C(C)=O)C1. The average molecular weight is 270 g/mol. The van der Waals surface area contributed by atoms with E-state index in [-0.39, 0.29) is 29.8 Å². The van der Waals surface area contributed by atoms with E-state index in [9.17, 15) is 14.7 Å². The number of nitrogens with one attached hydrogen (secondary N) is 1. The Bertz CT molecular complexity index is 318. The molecular weight excluding hydrogens is 244 g/mol. The molecule has 5 nitrogen and oxygen atoms in total. The number of amides is 2. The molecule has 19 heavy (non-hydrogen) atoms. The molecule has 1 fully saturated rings. The highest BCUT2D eigenvalue weighted by atomic mass is 16.3. The van der Waals surface area contributed by atoms with Crippen LogP contribution in [0.2, 0.25) is 0 Å². The molecule has 1 saturated heterocycles. The van der Waals surface area contributed by atoms with Gasteiger partial charge in [0, 0.05) is 32.0 Å². The maximum atomic E-state index is 12.1. The van der Waals surface area contributed by atoms with E-state index in [0.29, 0.717) is 19.6 Å². The topological polar surface area (TPSA) is 69.6 Å². The second kappa shape index (κ2) is 6.89. The number of rotatable bonds is 6. The van der Waals surface area contributed by atoms with Gasteiger partial charge < -0.3 is 15.3 Å². The molecule has 1 aliphatic heterocycles. The van der Waals surface area contributed by atoms with E-state index in [1.807, 2.05) is 13.8 Å². The largest absolute Gasteiger partial charge is 0.396 e. The standard InChI is InChI=1S/C14H26N2O3/c1-4-14(5-2,10-17)9-15-13(19)12-6-7-16(8-12)11(3)18/h12,17H,4-10H2,1-3H3,(H,15,19). The summed E-state index contributed by atoms with van der Waals surface area (Å²) in [5.74, 6) is -0.0698. The molecule has 0 saturated carbocycles. The van der Waals surface area contributed by atoms with Crippen LogP contribution in [0.25, 0.3) is 0 Å². The molecule has 1 aliphatic rings. The number of hydrogen-bond acceptors (Lipinski definition) is 3. The summed E-state index contributed by atoms with van der Waals surface area (Å²) in [6, 6.07) is 0. The third-order valence-corrected chi connectivity index (χ3v) is 4.48. The van der Waals surface area contributed by atoms with E-state index in [4.69, 9.17) is 0 Å². The second-order valence-corrected chi connectivity index (χ2v) is 5.53. The van der Waals surface area contributed by atoms with Gasteiger partial charge in [0.15, 0.2) is 0 Å². The molecule has 2 amide bonds. The van der Waals surface area contributed by atoms with E-state index in [1.165, 1.54) is 6.92 Å². The van der Waals surface area contributed by atoms with Gasteiger partial charge in [-0.3, -0.25) is 9.59 Å².